The predicted octanol–water partition coefficient (Wildman–Crippen LogP) is 1.24. The molecule has 2 aliphatic rings. The van der Waals surface area contributed by atoms with Crippen molar-refractivity contribution in [2.75, 3.05) is 13.2 Å². The van der Waals surface area contributed by atoms with Gasteiger partial charge in [-0.15, -0.1) is 0 Å². The molecule has 0 radical (unpaired) electrons. The number of rotatable bonds is 15. The van der Waals surface area contributed by atoms with E-state index in [4.69, 9.17) is 51.8 Å². The Bertz CT molecular complexity index is 2400. The molecule has 23 nitrogen and oxygen atoms in total. The number of nitrogens with one attached hydrogen (secondary N) is 2. The van der Waals surface area contributed by atoms with Gasteiger partial charge >= 0.3 is 35.8 Å². The van der Waals surface area contributed by atoms with E-state index < -0.39 is 133 Å². The van der Waals surface area contributed by atoms with Crippen LogP contribution in [0, 0.1) is 0 Å². The normalized spacial score (nSPS) is 24.7. The highest BCUT2D eigenvalue weighted by atomic mass is 16.7. The highest BCUT2D eigenvalue weighted by molar-refractivity contribution is 5.88. The number of benzene rings is 2. The molecule has 0 aliphatic carbocycles. The number of fused-ring (bicyclic) bond motifs is 1. The summed E-state index contributed by atoms with van der Waals surface area (Å²) in [5.41, 5.74) is -0.575. The molecule has 3 N–H and O–H groups in total. The number of esters is 6. The third kappa shape index (κ3) is 12.7. The first-order valence-corrected chi connectivity index (χ1v) is 20.1. The zero-order valence-electron chi connectivity index (χ0n) is 36.8. The lowest BCUT2D eigenvalue weighted by atomic mass is 9.96. The van der Waals surface area contributed by atoms with E-state index in [1.807, 2.05) is 0 Å². The summed E-state index contributed by atoms with van der Waals surface area (Å²) in [6.07, 6.45) is -9.92. The molecule has 2 fully saturated rings. The molecule has 66 heavy (non-hydrogen) atoms. The highest BCUT2D eigenvalue weighted by Gasteiger charge is 2.53. The van der Waals surface area contributed by atoms with Crippen molar-refractivity contribution in [3.8, 4) is 28.4 Å². The number of carbonyl (C=O) groups is 8. The van der Waals surface area contributed by atoms with Gasteiger partial charge in [0.05, 0.1) is 5.56 Å². The molecule has 0 bridgehead atoms. The van der Waals surface area contributed by atoms with E-state index in [0.29, 0.717) is 0 Å². The summed E-state index contributed by atoms with van der Waals surface area (Å²) in [6.45, 7) is 8.05. The number of hydrogen-bond acceptors (Lipinski definition) is 21. The Morgan fingerprint density at radius 2 is 1.00 bits per heavy atom. The van der Waals surface area contributed by atoms with E-state index in [1.165, 1.54) is 37.3 Å². The molecule has 2 aliphatic heterocycles. The molecule has 2 aromatic carbocycles. The van der Waals surface area contributed by atoms with Crippen LogP contribution in [0.25, 0.3) is 22.1 Å². The monoisotopic (exact) mass is 928 g/mol. The fourth-order valence-electron chi connectivity index (χ4n) is 7.24. The SMILES string of the molecule is CC(=O)NC1C(Oc2ccc(-c3coc4cc(OC5OC(COC(C)=O)C(OC(C)=O)C(OC(C)=O)C5NC(C)=O)cc(O)c4c3=O)cc2)OC(COC(C)=O)C(OC(C)=O)C1OC(C)=O. The van der Waals surface area contributed by atoms with Crippen molar-refractivity contribution in [1.82, 2.24) is 10.6 Å². The second-order valence-corrected chi connectivity index (χ2v) is 15.0. The molecule has 3 aromatic rings. The second-order valence-electron chi connectivity index (χ2n) is 15.0. The van der Waals surface area contributed by atoms with Crippen molar-refractivity contribution in [3.63, 3.8) is 0 Å². The van der Waals surface area contributed by atoms with Gasteiger partial charge in [0.25, 0.3) is 0 Å². The standard InChI is InChI=1S/C43H48N2O21/c1-18(46)44-35-40(61-24(7)52)38(59-22(5)50)32(16-56-20(3)48)65-42(35)63-27-11-9-26(10-12-27)29-15-58-31-14-28(13-30(54)34(31)37(29)55)64-43-36(45-19(2)47)41(62-25(8)53)39(60-23(6)51)33(66-43)17-57-21(4)49/h9-15,32-33,35-36,38-43,54H,16-17H2,1-8H3,(H,44,46)(H,45,47). The summed E-state index contributed by atoms with van der Waals surface area (Å²) in [6, 6.07) is 5.50. The van der Waals surface area contributed by atoms with Gasteiger partial charge in [0.2, 0.25) is 29.8 Å². The van der Waals surface area contributed by atoms with Crippen LogP contribution in [0.1, 0.15) is 55.4 Å². The van der Waals surface area contributed by atoms with Crippen molar-refractivity contribution >= 4 is 58.6 Å². The van der Waals surface area contributed by atoms with Crippen molar-refractivity contribution in [2.45, 2.75) is 117 Å². The largest absolute Gasteiger partial charge is 0.507 e. The first kappa shape index (κ1) is 49.7. The molecule has 0 spiro atoms. The van der Waals surface area contributed by atoms with Gasteiger partial charge in [0.15, 0.2) is 24.4 Å². The van der Waals surface area contributed by atoms with Crippen molar-refractivity contribution in [2.24, 2.45) is 0 Å². The van der Waals surface area contributed by atoms with Crippen LogP contribution in [-0.2, 0) is 76.3 Å². The molecule has 356 valence electrons. The van der Waals surface area contributed by atoms with E-state index in [9.17, 15) is 48.3 Å². The topological polar surface area (TPSA) is 303 Å². The lowest BCUT2D eigenvalue weighted by Gasteiger charge is -2.44. The number of hydrogen-bond donors (Lipinski definition) is 3. The Kier molecular flexibility index (Phi) is 16.3. The summed E-state index contributed by atoms with van der Waals surface area (Å²) in [7, 11) is 0. The van der Waals surface area contributed by atoms with Crippen LogP contribution < -0.4 is 25.5 Å². The zero-order valence-corrected chi connectivity index (χ0v) is 36.8. The smallest absolute Gasteiger partial charge is 0.303 e. The van der Waals surface area contributed by atoms with Crippen LogP contribution in [0.15, 0.2) is 51.9 Å². The fraction of sp³-hybridized carbons (Fsp3) is 0.465. The number of phenols is 1. The molecule has 0 saturated carbocycles. The minimum absolute atomic E-state index is 0.0148. The lowest BCUT2D eigenvalue weighted by Crippen LogP contribution is -2.67. The van der Waals surface area contributed by atoms with Gasteiger partial charge in [-0.05, 0) is 17.7 Å². The van der Waals surface area contributed by atoms with Gasteiger partial charge in [-0.2, -0.15) is 0 Å². The number of aromatic hydroxyl groups is 1. The average molecular weight is 929 g/mol. The molecule has 10 unspecified atom stereocenters. The summed E-state index contributed by atoms with van der Waals surface area (Å²) in [5.74, 6) is -6.48. The van der Waals surface area contributed by atoms with Crippen molar-refractivity contribution in [3.05, 3.63) is 52.9 Å². The number of amides is 2. The third-order valence-electron chi connectivity index (χ3n) is 9.64. The Balaban J connectivity index is 1.44. The lowest BCUT2D eigenvalue weighted by molar-refractivity contribution is -0.257. The first-order valence-electron chi connectivity index (χ1n) is 20.1. The maximum atomic E-state index is 13.9. The van der Waals surface area contributed by atoms with Crippen molar-refractivity contribution in [1.29, 1.82) is 0 Å². The summed E-state index contributed by atoms with van der Waals surface area (Å²) < 4.78 is 62.1. The maximum Gasteiger partial charge on any atom is 0.303 e. The van der Waals surface area contributed by atoms with Gasteiger partial charge in [0.1, 0.15) is 72.0 Å². The van der Waals surface area contributed by atoms with E-state index in [2.05, 4.69) is 10.6 Å². The van der Waals surface area contributed by atoms with Gasteiger partial charge in [-0.25, -0.2) is 0 Å². The van der Waals surface area contributed by atoms with Crippen molar-refractivity contribution < 1.29 is 95.2 Å². The minimum Gasteiger partial charge on any atom is -0.507 e. The second kappa shape index (κ2) is 21.6. The molecule has 2 saturated heterocycles. The Morgan fingerprint density at radius 1 is 0.576 bits per heavy atom. The quantitative estimate of drug-likeness (QED) is 0.143. The average Bonchev–Trinajstić information content (AvgIpc) is 3.20. The fourth-order valence-corrected chi connectivity index (χ4v) is 7.24. The van der Waals surface area contributed by atoms with E-state index in [1.54, 1.807) is 0 Å². The van der Waals surface area contributed by atoms with E-state index in [0.717, 1.165) is 60.8 Å². The molecular weight excluding hydrogens is 880 g/mol. The third-order valence-corrected chi connectivity index (χ3v) is 9.64. The van der Waals surface area contributed by atoms with Crippen LogP contribution in [0.5, 0.6) is 17.2 Å². The molecule has 5 rings (SSSR count). The zero-order chi connectivity index (χ0) is 48.6. The van der Waals surface area contributed by atoms with Gasteiger partial charge < -0.3 is 67.5 Å². The molecular formula is C43H48N2O21. The molecule has 3 heterocycles. The van der Waals surface area contributed by atoms with Gasteiger partial charge in [-0.1, -0.05) is 12.1 Å². The molecule has 10 atom stereocenters. The van der Waals surface area contributed by atoms with Crippen LogP contribution in [0.4, 0.5) is 0 Å². The Morgan fingerprint density at radius 3 is 1.41 bits per heavy atom. The van der Waals surface area contributed by atoms with Gasteiger partial charge in [-0.3, -0.25) is 43.2 Å². The van der Waals surface area contributed by atoms with E-state index >= 15 is 0 Å². The van der Waals surface area contributed by atoms with E-state index in [-0.39, 0.29) is 33.6 Å². The van der Waals surface area contributed by atoms with Crippen LogP contribution in [0.2, 0.25) is 0 Å². The predicted molar refractivity (Wildman–Crippen MR) is 219 cm³/mol. The Hall–Kier alpha value is -7.27. The summed E-state index contributed by atoms with van der Waals surface area (Å²) in [4.78, 5) is 111. The first-order chi connectivity index (χ1) is 31.1. The van der Waals surface area contributed by atoms with Crippen LogP contribution in [0.3, 0.4) is 0 Å². The number of ether oxygens (including phenoxy) is 10. The minimum atomic E-state index is -1.55. The Labute approximate surface area is 375 Å². The molecule has 2 amide bonds. The van der Waals surface area contributed by atoms with Crippen LogP contribution >= 0.6 is 0 Å². The maximum absolute atomic E-state index is 13.9. The highest BCUT2D eigenvalue weighted by Crippen LogP contribution is 2.35. The molecule has 1 aromatic heterocycles. The number of carbonyl (C=O) groups excluding carboxylic acids is 8. The van der Waals surface area contributed by atoms with Crippen LogP contribution in [-0.4, -0.2) is 127 Å². The molecule has 23 heteroatoms. The summed E-state index contributed by atoms with van der Waals surface area (Å²) in [5, 5.41) is 16.1. The van der Waals surface area contributed by atoms with Gasteiger partial charge in [0, 0.05) is 67.5 Å². The number of phenolic OH excluding ortho intramolecular Hbond substituents is 1. The summed E-state index contributed by atoms with van der Waals surface area (Å²) >= 11 is 0.